The fourth-order valence-electron chi connectivity index (χ4n) is 2.97. The number of anilines is 2. The van der Waals surface area contributed by atoms with Crippen LogP contribution in [0, 0.1) is 0 Å². The molecule has 1 aliphatic heterocycles. The van der Waals surface area contributed by atoms with E-state index in [9.17, 15) is 4.79 Å². The maximum atomic E-state index is 12.1. The highest BCUT2D eigenvalue weighted by atomic mass is 16.5. The Morgan fingerprint density at radius 2 is 2.35 bits per heavy atom. The Balaban J connectivity index is 1.54. The number of hydrogen-bond acceptors (Lipinski definition) is 4. The van der Waals surface area contributed by atoms with Gasteiger partial charge in [0.15, 0.2) is 0 Å². The SMILES string of the molecule is COC1CCN(c2ccc(NC(=O)CC3=CCCC=C3)nc2)C1. The molecule has 1 atom stereocenters. The van der Waals surface area contributed by atoms with Crippen LogP contribution in [0.2, 0.25) is 0 Å². The molecule has 5 nitrogen and oxygen atoms in total. The predicted octanol–water partition coefficient (Wildman–Crippen LogP) is 2.91. The van der Waals surface area contributed by atoms with Crippen LogP contribution in [0.1, 0.15) is 25.7 Å². The molecule has 1 N–H and O–H groups in total. The number of pyridine rings is 1. The molecule has 1 fully saturated rings. The average molecular weight is 313 g/mol. The van der Waals surface area contributed by atoms with Crippen LogP contribution in [0.4, 0.5) is 11.5 Å². The first-order valence-corrected chi connectivity index (χ1v) is 8.14. The zero-order chi connectivity index (χ0) is 16.1. The quantitative estimate of drug-likeness (QED) is 0.908. The number of nitrogens with one attached hydrogen (secondary N) is 1. The Hall–Kier alpha value is -2.14. The highest BCUT2D eigenvalue weighted by Crippen LogP contribution is 2.22. The number of amides is 1. The van der Waals surface area contributed by atoms with E-state index >= 15 is 0 Å². The van der Waals surface area contributed by atoms with Crippen molar-refractivity contribution in [2.75, 3.05) is 30.4 Å². The van der Waals surface area contributed by atoms with Gasteiger partial charge in [-0.3, -0.25) is 4.79 Å². The van der Waals surface area contributed by atoms with E-state index in [0.717, 1.165) is 43.6 Å². The second-order valence-corrected chi connectivity index (χ2v) is 5.98. The molecule has 1 aliphatic carbocycles. The molecule has 122 valence electrons. The van der Waals surface area contributed by atoms with Gasteiger partial charge in [0.05, 0.1) is 24.4 Å². The van der Waals surface area contributed by atoms with Crippen molar-refractivity contribution < 1.29 is 9.53 Å². The number of carbonyl (C=O) groups excluding carboxylic acids is 1. The van der Waals surface area contributed by atoms with Crippen molar-refractivity contribution in [3.8, 4) is 0 Å². The minimum Gasteiger partial charge on any atom is -0.380 e. The largest absolute Gasteiger partial charge is 0.380 e. The standard InChI is InChI=1S/C18H23N3O2/c1-23-16-9-10-21(13-16)15-7-8-17(19-12-15)20-18(22)11-14-5-3-2-4-6-14/h3,5-8,12,16H,2,4,9-11,13H2,1H3,(H,19,20,22). The third-order valence-electron chi connectivity index (χ3n) is 4.30. The Kier molecular flexibility index (Phi) is 5.08. The second-order valence-electron chi connectivity index (χ2n) is 5.98. The average Bonchev–Trinajstić information content (AvgIpc) is 3.05. The lowest BCUT2D eigenvalue weighted by atomic mass is 10.0. The van der Waals surface area contributed by atoms with Crippen LogP contribution in [0.25, 0.3) is 0 Å². The van der Waals surface area contributed by atoms with Crippen LogP contribution in [0.3, 0.4) is 0 Å². The fourth-order valence-corrected chi connectivity index (χ4v) is 2.97. The number of aromatic nitrogens is 1. The number of methoxy groups -OCH3 is 1. The molecule has 0 spiro atoms. The van der Waals surface area contributed by atoms with Crippen molar-refractivity contribution in [1.82, 2.24) is 4.98 Å². The summed E-state index contributed by atoms with van der Waals surface area (Å²) < 4.78 is 5.38. The summed E-state index contributed by atoms with van der Waals surface area (Å²) in [5.41, 5.74) is 2.15. The van der Waals surface area contributed by atoms with Gasteiger partial charge >= 0.3 is 0 Å². The van der Waals surface area contributed by atoms with Crippen molar-refractivity contribution in [2.45, 2.75) is 31.8 Å². The molecule has 1 aromatic heterocycles. The van der Waals surface area contributed by atoms with Crippen LogP contribution < -0.4 is 10.2 Å². The van der Waals surface area contributed by atoms with E-state index in [1.807, 2.05) is 24.4 Å². The highest BCUT2D eigenvalue weighted by molar-refractivity contribution is 5.91. The minimum atomic E-state index is -0.0244. The van der Waals surface area contributed by atoms with Crippen molar-refractivity contribution in [1.29, 1.82) is 0 Å². The number of rotatable bonds is 5. The molecule has 5 heteroatoms. The van der Waals surface area contributed by atoms with Gasteiger partial charge in [0.2, 0.25) is 5.91 Å². The van der Waals surface area contributed by atoms with Crippen LogP contribution in [0.5, 0.6) is 0 Å². The van der Waals surface area contributed by atoms with E-state index < -0.39 is 0 Å². The molecule has 1 amide bonds. The summed E-state index contributed by atoms with van der Waals surface area (Å²) >= 11 is 0. The van der Waals surface area contributed by atoms with Gasteiger partial charge in [0.25, 0.3) is 0 Å². The van der Waals surface area contributed by atoms with E-state index in [-0.39, 0.29) is 5.91 Å². The lowest BCUT2D eigenvalue weighted by Crippen LogP contribution is -2.22. The van der Waals surface area contributed by atoms with Gasteiger partial charge in [-0.2, -0.15) is 0 Å². The molecule has 3 rings (SSSR count). The van der Waals surface area contributed by atoms with Gasteiger partial charge in [0, 0.05) is 20.2 Å². The van der Waals surface area contributed by atoms with Crippen LogP contribution in [0.15, 0.2) is 42.1 Å². The molecular weight excluding hydrogens is 290 g/mol. The normalized spacial score (nSPS) is 20.5. The van der Waals surface area contributed by atoms with E-state index in [4.69, 9.17) is 4.74 Å². The predicted molar refractivity (Wildman–Crippen MR) is 91.6 cm³/mol. The summed E-state index contributed by atoms with van der Waals surface area (Å²) in [6, 6.07) is 3.86. The zero-order valence-corrected chi connectivity index (χ0v) is 13.5. The molecule has 0 bridgehead atoms. The molecule has 0 radical (unpaired) electrons. The van der Waals surface area contributed by atoms with Gasteiger partial charge in [-0.05, 0) is 37.0 Å². The smallest absolute Gasteiger partial charge is 0.229 e. The number of ether oxygens (including phenoxy) is 1. The van der Waals surface area contributed by atoms with E-state index in [0.29, 0.717) is 18.3 Å². The second kappa shape index (κ2) is 7.42. The van der Waals surface area contributed by atoms with Gasteiger partial charge in [0.1, 0.15) is 5.82 Å². The molecular formula is C18H23N3O2. The molecule has 1 unspecified atom stereocenters. The highest BCUT2D eigenvalue weighted by Gasteiger charge is 2.22. The Labute approximate surface area is 137 Å². The number of hydrogen-bond donors (Lipinski definition) is 1. The van der Waals surface area contributed by atoms with Gasteiger partial charge in [-0.25, -0.2) is 4.98 Å². The summed E-state index contributed by atoms with van der Waals surface area (Å²) in [5.74, 6) is 0.574. The monoisotopic (exact) mass is 313 g/mol. The third-order valence-corrected chi connectivity index (χ3v) is 4.30. The fraction of sp³-hybridized carbons (Fsp3) is 0.444. The van der Waals surface area contributed by atoms with Crippen molar-refractivity contribution in [2.24, 2.45) is 0 Å². The van der Waals surface area contributed by atoms with Gasteiger partial charge in [-0.1, -0.05) is 18.2 Å². The Morgan fingerprint density at radius 3 is 3.00 bits per heavy atom. The van der Waals surface area contributed by atoms with Crippen molar-refractivity contribution in [3.63, 3.8) is 0 Å². The molecule has 23 heavy (non-hydrogen) atoms. The first kappa shape index (κ1) is 15.7. The summed E-state index contributed by atoms with van der Waals surface area (Å²) in [6.07, 6.45) is 11.9. The van der Waals surface area contributed by atoms with Gasteiger partial charge < -0.3 is 15.0 Å². The van der Waals surface area contributed by atoms with Gasteiger partial charge in [-0.15, -0.1) is 0 Å². The van der Waals surface area contributed by atoms with Crippen LogP contribution in [-0.2, 0) is 9.53 Å². The van der Waals surface area contributed by atoms with Crippen molar-refractivity contribution >= 4 is 17.4 Å². The van der Waals surface area contributed by atoms with Crippen LogP contribution in [-0.4, -0.2) is 37.2 Å². The molecule has 1 saturated heterocycles. The summed E-state index contributed by atoms with van der Waals surface area (Å²) in [7, 11) is 1.75. The summed E-state index contributed by atoms with van der Waals surface area (Å²) in [5, 5.41) is 2.86. The Morgan fingerprint density at radius 1 is 1.43 bits per heavy atom. The van der Waals surface area contributed by atoms with E-state index in [1.54, 1.807) is 7.11 Å². The topological polar surface area (TPSA) is 54.5 Å². The molecule has 2 heterocycles. The maximum Gasteiger partial charge on any atom is 0.229 e. The molecule has 1 aromatic rings. The first-order valence-electron chi connectivity index (χ1n) is 8.14. The number of allylic oxidation sites excluding steroid dienone is 3. The summed E-state index contributed by atoms with van der Waals surface area (Å²) in [4.78, 5) is 18.7. The van der Waals surface area contributed by atoms with Crippen molar-refractivity contribution in [3.05, 3.63) is 42.1 Å². The number of carbonyl (C=O) groups is 1. The summed E-state index contributed by atoms with van der Waals surface area (Å²) in [6.45, 7) is 1.87. The molecule has 0 aromatic carbocycles. The zero-order valence-electron chi connectivity index (χ0n) is 13.5. The van der Waals surface area contributed by atoms with Crippen LogP contribution >= 0.6 is 0 Å². The minimum absolute atomic E-state index is 0.0244. The Bertz CT molecular complexity index is 607. The number of nitrogens with zero attached hydrogens (tertiary/aromatic N) is 2. The molecule has 0 saturated carbocycles. The van der Waals surface area contributed by atoms with E-state index in [2.05, 4.69) is 27.4 Å². The lowest BCUT2D eigenvalue weighted by Gasteiger charge is -2.18. The lowest BCUT2D eigenvalue weighted by molar-refractivity contribution is -0.115. The molecule has 2 aliphatic rings. The first-order chi connectivity index (χ1) is 11.2. The maximum absolute atomic E-state index is 12.1. The third kappa shape index (κ3) is 4.20. The van der Waals surface area contributed by atoms with E-state index in [1.165, 1.54) is 0 Å².